The first kappa shape index (κ1) is 15.5. The number of esters is 1. The lowest BCUT2D eigenvalue weighted by molar-refractivity contribution is -0.136. The molecule has 0 radical (unpaired) electrons. The van der Waals surface area contributed by atoms with Gasteiger partial charge in [0.05, 0.1) is 13.7 Å². The normalized spacial score (nSPS) is 10.9. The summed E-state index contributed by atoms with van der Waals surface area (Å²) < 4.78 is 4.74. The Kier molecular flexibility index (Phi) is 5.49. The van der Waals surface area contributed by atoms with Crippen LogP contribution in [0.3, 0.4) is 0 Å². The first-order valence-electron chi connectivity index (χ1n) is 6.88. The number of Topliss-reactive ketones (excluding diaryl/α,β-unsaturated/α-hetero) is 1. The highest BCUT2D eigenvalue weighted by atomic mass is 16.5. The number of ketones is 1. The van der Waals surface area contributed by atoms with Gasteiger partial charge in [-0.25, -0.2) is 4.79 Å². The van der Waals surface area contributed by atoms with Gasteiger partial charge in [0, 0.05) is 5.56 Å². The van der Waals surface area contributed by atoms with Gasteiger partial charge in [0.15, 0.2) is 5.78 Å². The smallest absolute Gasteiger partial charge is 0.354 e. The molecule has 2 rings (SSSR count). The summed E-state index contributed by atoms with van der Waals surface area (Å²) in [5, 5.41) is 2.85. The number of nitrogens with one attached hydrogen (secondary N) is 1. The Morgan fingerprint density at radius 2 is 1.59 bits per heavy atom. The van der Waals surface area contributed by atoms with Crippen LogP contribution in [0.1, 0.15) is 15.9 Å². The third-order valence-electron chi connectivity index (χ3n) is 3.05. The van der Waals surface area contributed by atoms with E-state index in [4.69, 9.17) is 4.74 Å². The number of hydrogen-bond acceptors (Lipinski definition) is 4. The minimum Gasteiger partial charge on any atom is -0.464 e. The Hall–Kier alpha value is -2.88. The standard InChI is InChI=1S/C18H17NO3/c1-22-18(21)16(12-14-8-4-2-5-9-14)19-13-17(20)15-10-6-3-7-11-15/h2-12,19H,13H2,1H3/b16-12-. The molecule has 0 fully saturated rings. The van der Waals surface area contributed by atoms with E-state index in [2.05, 4.69) is 5.32 Å². The van der Waals surface area contributed by atoms with Crippen LogP contribution in [0.25, 0.3) is 6.08 Å². The lowest BCUT2D eigenvalue weighted by Crippen LogP contribution is -2.27. The molecule has 2 aromatic carbocycles. The number of rotatable bonds is 6. The second kappa shape index (κ2) is 7.78. The second-order valence-corrected chi connectivity index (χ2v) is 4.60. The minimum absolute atomic E-state index is 0.0256. The van der Waals surface area contributed by atoms with Crippen LogP contribution in [0.2, 0.25) is 0 Å². The fourth-order valence-corrected chi connectivity index (χ4v) is 1.91. The van der Waals surface area contributed by atoms with E-state index in [0.29, 0.717) is 5.56 Å². The van der Waals surface area contributed by atoms with Gasteiger partial charge >= 0.3 is 5.97 Å². The summed E-state index contributed by atoms with van der Waals surface area (Å²) in [6.07, 6.45) is 1.66. The zero-order valence-electron chi connectivity index (χ0n) is 12.3. The van der Waals surface area contributed by atoms with Crippen molar-refractivity contribution in [1.29, 1.82) is 0 Å². The van der Waals surface area contributed by atoms with Gasteiger partial charge in [-0.2, -0.15) is 0 Å². The van der Waals surface area contributed by atoms with Gasteiger partial charge in [-0.05, 0) is 11.6 Å². The molecular formula is C18H17NO3. The van der Waals surface area contributed by atoms with Crippen molar-refractivity contribution < 1.29 is 14.3 Å². The zero-order chi connectivity index (χ0) is 15.8. The van der Waals surface area contributed by atoms with Crippen LogP contribution >= 0.6 is 0 Å². The maximum absolute atomic E-state index is 12.1. The van der Waals surface area contributed by atoms with E-state index in [1.807, 2.05) is 36.4 Å². The first-order valence-corrected chi connectivity index (χ1v) is 6.88. The summed E-state index contributed by atoms with van der Waals surface area (Å²) >= 11 is 0. The van der Waals surface area contributed by atoms with Gasteiger partial charge in [-0.3, -0.25) is 4.79 Å². The molecule has 4 heteroatoms. The summed E-state index contributed by atoms with van der Waals surface area (Å²) in [5.74, 6) is -0.604. The van der Waals surface area contributed by atoms with Crippen LogP contribution in [0.5, 0.6) is 0 Å². The third-order valence-corrected chi connectivity index (χ3v) is 3.05. The fourth-order valence-electron chi connectivity index (χ4n) is 1.91. The highest BCUT2D eigenvalue weighted by Gasteiger charge is 2.12. The molecule has 0 atom stereocenters. The van der Waals surface area contributed by atoms with Crippen molar-refractivity contribution in [3.8, 4) is 0 Å². The summed E-state index contributed by atoms with van der Waals surface area (Å²) in [4.78, 5) is 23.9. The molecule has 0 aliphatic heterocycles. The van der Waals surface area contributed by atoms with Gasteiger partial charge in [0.2, 0.25) is 0 Å². The van der Waals surface area contributed by atoms with Crippen molar-refractivity contribution in [3.63, 3.8) is 0 Å². The Labute approximate surface area is 129 Å². The highest BCUT2D eigenvalue weighted by Crippen LogP contribution is 2.06. The predicted octanol–water partition coefficient (Wildman–Crippen LogP) is 2.67. The average molecular weight is 295 g/mol. The van der Waals surface area contributed by atoms with Crippen LogP contribution in [0, 0.1) is 0 Å². The first-order chi connectivity index (χ1) is 10.7. The van der Waals surface area contributed by atoms with E-state index < -0.39 is 5.97 Å². The van der Waals surface area contributed by atoms with Gasteiger partial charge < -0.3 is 10.1 Å². The van der Waals surface area contributed by atoms with E-state index in [-0.39, 0.29) is 18.0 Å². The molecule has 0 heterocycles. The Bertz CT molecular complexity index is 663. The van der Waals surface area contributed by atoms with Crippen LogP contribution in [0.4, 0.5) is 0 Å². The molecule has 2 aromatic rings. The minimum atomic E-state index is -0.510. The van der Waals surface area contributed by atoms with Gasteiger partial charge in [-0.15, -0.1) is 0 Å². The van der Waals surface area contributed by atoms with Crippen LogP contribution in [0.15, 0.2) is 66.4 Å². The monoisotopic (exact) mass is 295 g/mol. The maximum atomic E-state index is 12.1. The molecule has 0 aliphatic rings. The van der Waals surface area contributed by atoms with Crippen molar-refractivity contribution in [1.82, 2.24) is 5.32 Å². The highest BCUT2D eigenvalue weighted by molar-refractivity contribution is 5.99. The van der Waals surface area contributed by atoms with Crippen LogP contribution in [-0.2, 0) is 9.53 Å². The number of carbonyl (C=O) groups excluding carboxylic acids is 2. The van der Waals surface area contributed by atoms with Crippen molar-refractivity contribution >= 4 is 17.8 Å². The SMILES string of the molecule is COC(=O)/C(=C/c1ccccc1)NCC(=O)c1ccccc1. The molecule has 22 heavy (non-hydrogen) atoms. The topological polar surface area (TPSA) is 55.4 Å². The largest absolute Gasteiger partial charge is 0.464 e. The predicted molar refractivity (Wildman–Crippen MR) is 85.2 cm³/mol. The molecule has 1 N–H and O–H groups in total. The summed E-state index contributed by atoms with van der Waals surface area (Å²) in [5.41, 5.74) is 1.69. The fraction of sp³-hybridized carbons (Fsp3) is 0.111. The van der Waals surface area contributed by atoms with Crippen LogP contribution in [-0.4, -0.2) is 25.4 Å². The molecule has 112 valence electrons. The summed E-state index contributed by atoms with van der Waals surface area (Å²) in [6.45, 7) is 0.0256. The van der Waals surface area contributed by atoms with E-state index in [0.717, 1.165) is 5.56 Å². The second-order valence-electron chi connectivity index (χ2n) is 4.60. The van der Waals surface area contributed by atoms with E-state index >= 15 is 0 Å². The molecule has 4 nitrogen and oxygen atoms in total. The number of ether oxygens (including phenoxy) is 1. The maximum Gasteiger partial charge on any atom is 0.354 e. The molecule has 0 unspecified atom stereocenters. The average Bonchev–Trinajstić information content (AvgIpc) is 2.59. The molecule has 0 bridgehead atoms. The number of benzene rings is 2. The lowest BCUT2D eigenvalue weighted by atomic mass is 10.1. The van der Waals surface area contributed by atoms with Crippen molar-refractivity contribution in [2.45, 2.75) is 0 Å². The van der Waals surface area contributed by atoms with Crippen molar-refractivity contribution in [3.05, 3.63) is 77.5 Å². The Morgan fingerprint density at radius 3 is 2.18 bits per heavy atom. The van der Waals surface area contributed by atoms with E-state index in [9.17, 15) is 9.59 Å². The molecule has 0 saturated heterocycles. The van der Waals surface area contributed by atoms with Gasteiger partial charge in [-0.1, -0.05) is 60.7 Å². The molecule has 0 amide bonds. The molecule has 0 spiro atoms. The lowest BCUT2D eigenvalue weighted by Gasteiger charge is -2.09. The quantitative estimate of drug-likeness (QED) is 0.506. The van der Waals surface area contributed by atoms with E-state index in [1.165, 1.54) is 7.11 Å². The Morgan fingerprint density at radius 1 is 1.00 bits per heavy atom. The zero-order valence-corrected chi connectivity index (χ0v) is 12.3. The molecule has 0 aromatic heterocycles. The molecule has 0 saturated carbocycles. The van der Waals surface area contributed by atoms with Gasteiger partial charge in [0.1, 0.15) is 5.70 Å². The third kappa shape index (κ3) is 4.31. The van der Waals surface area contributed by atoms with Crippen LogP contribution < -0.4 is 5.32 Å². The van der Waals surface area contributed by atoms with Gasteiger partial charge in [0.25, 0.3) is 0 Å². The molecular weight excluding hydrogens is 278 g/mol. The number of carbonyl (C=O) groups is 2. The molecule has 0 aliphatic carbocycles. The summed E-state index contributed by atoms with van der Waals surface area (Å²) in [7, 11) is 1.31. The van der Waals surface area contributed by atoms with E-state index in [1.54, 1.807) is 30.3 Å². The Balaban J connectivity index is 2.10. The van der Waals surface area contributed by atoms with Crippen molar-refractivity contribution in [2.75, 3.05) is 13.7 Å². The summed E-state index contributed by atoms with van der Waals surface area (Å²) in [6, 6.07) is 18.3. The number of methoxy groups -OCH3 is 1. The number of hydrogen-bond donors (Lipinski definition) is 1. The van der Waals surface area contributed by atoms with Crippen molar-refractivity contribution in [2.24, 2.45) is 0 Å².